The van der Waals surface area contributed by atoms with Crippen LogP contribution in [0.15, 0.2) is 12.3 Å². The largest absolute Gasteiger partial charge is 0.477 e. The zero-order chi connectivity index (χ0) is 14.5. The summed E-state index contributed by atoms with van der Waals surface area (Å²) in [6, 6.07) is 1.71. The first kappa shape index (κ1) is 13.3. The summed E-state index contributed by atoms with van der Waals surface area (Å²) in [5, 5.41) is 12.4. The van der Waals surface area contributed by atoms with Crippen LogP contribution in [0.5, 0.6) is 0 Å². The molecule has 1 aromatic heterocycles. The Balaban J connectivity index is 1.87. The molecular formula is C15H21N3O2. The lowest BCUT2D eigenvalue weighted by Crippen LogP contribution is -2.46. The minimum absolute atomic E-state index is 0.0358. The second-order valence-corrected chi connectivity index (χ2v) is 7.06. The predicted octanol–water partition coefficient (Wildman–Crippen LogP) is 2.80. The van der Waals surface area contributed by atoms with Gasteiger partial charge in [0.15, 0.2) is 5.69 Å². The average molecular weight is 275 g/mol. The van der Waals surface area contributed by atoms with Gasteiger partial charge in [-0.2, -0.15) is 0 Å². The maximum atomic E-state index is 11.0. The van der Waals surface area contributed by atoms with Crippen molar-refractivity contribution < 1.29 is 9.90 Å². The number of hydrogen-bond donors (Lipinski definition) is 2. The first-order valence-corrected chi connectivity index (χ1v) is 7.16. The lowest BCUT2D eigenvalue weighted by atomic mass is 9.68. The molecule has 0 aliphatic heterocycles. The Morgan fingerprint density at radius 1 is 1.45 bits per heavy atom. The van der Waals surface area contributed by atoms with E-state index in [4.69, 9.17) is 5.11 Å². The molecule has 0 spiro atoms. The lowest BCUT2D eigenvalue weighted by Gasteiger charge is -2.43. The van der Waals surface area contributed by atoms with Gasteiger partial charge in [-0.3, -0.25) is 0 Å². The molecule has 108 valence electrons. The van der Waals surface area contributed by atoms with Gasteiger partial charge in [-0.1, -0.05) is 20.8 Å². The van der Waals surface area contributed by atoms with Gasteiger partial charge in [0, 0.05) is 12.2 Å². The molecule has 2 fully saturated rings. The van der Waals surface area contributed by atoms with Gasteiger partial charge < -0.3 is 10.4 Å². The number of carboxylic acids is 1. The molecule has 0 saturated heterocycles. The molecule has 5 nitrogen and oxygen atoms in total. The highest BCUT2D eigenvalue weighted by Gasteiger charge is 2.59. The van der Waals surface area contributed by atoms with Gasteiger partial charge in [0.1, 0.15) is 0 Å². The van der Waals surface area contributed by atoms with Crippen molar-refractivity contribution in [2.24, 2.45) is 16.7 Å². The van der Waals surface area contributed by atoms with E-state index in [2.05, 4.69) is 36.1 Å². The van der Waals surface area contributed by atoms with Crippen molar-refractivity contribution in [3.05, 3.63) is 18.0 Å². The fourth-order valence-corrected chi connectivity index (χ4v) is 4.34. The van der Waals surface area contributed by atoms with Crippen molar-refractivity contribution in [3.63, 3.8) is 0 Å². The Morgan fingerprint density at radius 2 is 2.20 bits per heavy atom. The predicted molar refractivity (Wildman–Crippen MR) is 75.6 cm³/mol. The van der Waals surface area contributed by atoms with Crippen molar-refractivity contribution >= 4 is 11.9 Å². The van der Waals surface area contributed by atoms with Gasteiger partial charge in [0.05, 0.1) is 0 Å². The monoisotopic (exact) mass is 275 g/mol. The number of carbonyl (C=O) groups is 1. The van der Waals surface area contributed by atoms with E-state index in [1.165, 1.54) is 31.5 Å². The number of fused-ring (bicyclic) bond motifs is 2. The zero-order valence-electron chi connectivity index (χ0n) is 12.2. The van der Waals surface area contributed by atoms with Gasteiger partial charge in [-0.05, 0) is 42.1 Å². The van der Waals surface area contributed by atoms with Crippen molar-refractivity contribution in [2.75, 3.05) is 5.32 Å². The van der Waals surface area contributed by atoms with Crippen LogP contribution in [0.4, 0.5) is 5.95 Å². The highest BCUT2D eigenvalue weighted by atomic mass is 16.4. The highest BCUT2D eigenvalue weighted by Crippen LogP contribution is 2.62. The van der Waals surface area contributed by atoms with Gasteiger partial charge in [-0.15, -0.1) is 0 Å². The minimum Gasteiger partial charge on any atom is -0.477 e. The Hall–Kier alpha value is -1.65. The van der Waals surface area contributed by atoms with Gasteiger partial charge in [0.2, 0.25) is 5.95 Å². The van der Waals surface area contributed by atoms with Crippen LogP contribution >= 0.6 is 0 Å². The molecular weight excluding hydrogens is 254 g/mol. The lowest BCUT2D eigenvalue weighted by molar-refractivity contribution is 0.0690. The van der Waals surface area contributed by atoms with Crippen LogP contribution in [0.1, 0.15) is 50.5 Å². The molecule has 3 unspecified atom stereocenters. The maximum absolute atomic E-state index is 11.0. The molecule has 2 aliphatic carbocycles. The van der Waals surface area contributed by atoms with E-state index in [0.29, 0.717) is 5.95 Å². The number of anilines is 1. The molecule has 3 atom stereocenters. The summed E-state index contributed by atoms with van der Waals surface area (Å²) in [5.74, 6) is 0.137. The maximum Gasteiger partial charge on any atom is 0.354 e. The molecule has 2 N–H and O–H groups in total. The molecule has 0 aromatic carbocycles. The molecule has 2 saturated carbocycles. The van der Waals surface area contributed by atoms with E-state index in [0.717, 1.165) is 5.92 Å². The van der Waals surface area contributed by atoms with Crippen LogP contribution < -0.4 is 5.32 Å². The second-order valence-electron chi connectivity index (χ2n) is 7.06. The third kappa shape index (κ3) is 1.87. The van der Waals surface area contributed by atoms with Gasteiger partial charge in [0.25, 0.3) is 0 Å². The Bertz CT molecular complexity index is 553. The first-order chi connectivity index (χ1) is 9.33. The van der Waals surface area contributed by atoms with Crippen LogP contribution in [0, 0.1) is 16.7 Å². The van der Waals surface area contributed by atoms with Gasteiger partial charge >= 0.3 is 5.97 Å². The quantitative estimate of drug-likeness (QED) is 0.887. The third-order valence-electron chi connectivity index (χ3n) is 5.42. The summed E-state index contributed by atoms with van der Waals surface area (Å²) in [6.07, 6.45) is 5.24. The third-order valence-corrected chi connectivity index (χ3v) is 5.42. The van der Waals surface area contributed by atoms with Crippen LogP contribution in [0.25, 0.3) is 0 Å². The van der Waals surface area contributed by atoms with Crippen LogP contribution in [-0.4, -0.2) is 27.1 Å². The topological polar surface area (TPSA) is 75.1 Å². The summed E-state index contributed by atoms with van der Waals surface area (Å²) in [7, 11) is 0. The van der Waals surface area contributed by atoms with E-state index in [-0.39, 0.29) is 22.6 Å². The molecule has 1 aromatic rings. The SMILES string of the molecule is CC12CCC(C1)C(C)(C)C2Nc1nccc(C(=O)O)n1. The number of hydrogen-bond acceptors (Lipinski definition) is 4. The standard InChI is InChI=1S/C15H21N3O2/c1-14(2)9-4-6-15(3,8-9)12(14)18-13-16-7-5-10(17-13)11(19)20/h5,7,9,12H,4,6,8H2,1-3H3,(H,19,20)(H,16,17,18). The number of rotatable bonds is 3. The molecule has 20 heavy (non-hydrogen) atoms. The van der Waals surface area contributed by atoms with Crippen LogP contribution in [-0.2, 0) is 0 Å². The summed E-state index contributed by atoms with van der Waals surface area (Å²) in [4.78, 5) is 19.3. The Labute approximate surface area is 118 Å². The molecule has 0 amide bonds. The van der Waals surface area contributed by atoms with Gasteiger partial charge in [-0.25, -0.2) is 14.8 Å². The molecule has 2 aliphatic rings. The normalized spacial score (nSPS) is 34.1. The number of carboxylic acid groups (broad SMARTS) is 1. The van der Waals surface area contributed by atoms with Crippen molar-refractivity contribution in [3.8, 4) is 0 Å². The summed E-state index contributed by atoms with van der Waals surface area (Å²) < 4.78 is 0. The molecule has 0 radical (unpaired) electrons. The molecule has 3 rings (SSSR count). The van der Waals surface area contributed by atoms with E-state index in [9.17, 15) is 4.79 Å². The summed E-state index contributed by atoms with van der Waals surface area (Å²) in [6.45, 7) is 6.90. The zero-order valence-corrected chi connectivity index (χ0v) is 12.2. The fraction of sp³-hybridized carbons (Fsp3) is 0.667. The van der Waals surface area contributed by atoms with Crippen molar-refractivity contribution in [1.29, 1.82) is 0 Å². The number of aromatic carboxylic acids is 1. The Morgan fingerprint density at radius 3 is 2.80 bits per heavy atom. The first-order valence-electron chi connectivity index (χ1n) is 7.16. The van der Waals surface area contributed by atoms with E-state index in [1.807, 2.05) is 0 Å². The highest BCUT2D eigenvalue weighted by molar-refractivity contribution is 5.85. The van der Waals surface area contributed by atoms with E-state index < -0.39 is 5.97 Å². The average Bonchev–Trinajstić information content (AvgIpc) is 2.86. The molecule has 2 bridgehead atoms. The fourth-order valence-electron chi connectivity index (χ4n) is 4.34. The Kier molecular flexibility index (Phi) is 2.78. The summed E-state index contributed by atoms with van der Waals surface area (Å²) in [5.41, 5.74) is 0.486. The van der Waals surface area contributed by atoms with E-state index >= 15 is 0 Å². The van der Waals surface area contributed by atoms with E-state index in [1.54, 1.807) is 0 Å². The summed E-state index contributed by atoms with van der Waals surface area (Å²) >= 11 is 0. The number of nitrogens with zero attached hydrogens (tertiary/aromatic N) is 2. The van der Waals surface area contributed by atoms with Crippen LogP contribution in [0.3, 0.4) is 0 Å². The second kappa shape index (κ2) is 4.17. The molecule has 5 heteroatoms. The number of aromatic nitrogens is 2. The van der Waals surface area contributed by atoms with Crippen molar-refractivity contribution in [1.82, 2.24) is 9.97 Å². The van der Waals surface area contributed by atoms with Crippen LogP contribution in [0.2, 0.25) is 0 Å². The minimum atomic E-state index is -1.02. The number of nitrogens with one attached hydrogen (secondary N) is 1. The molecule has 1 heterocycles. The van der Waals surface area contributed by atoms with Crippen molar-refractivity contribution in [2.45, 2.75) is 46.1 Å². The smallest absolute Gasteiger partial charge is 0.354 e.